The van der Waals surface area contributed by atoms with E-state index < -0.39 is 0 Å². The van der Waals surface area contributed by atoms with Crippen molar-refractivity contribution < 1.29 is 4.79 Å². The number of fused-ring (bicyclic) bond motifs is 1. The number of carbonyl (C=O) groups is 1. The highest BCUT2D eigenvalue weighted by Crippen LogP contribution is 2.28. The van der Waals surface area contributed by atoms with Crippen LogP contribution in [0.3, 0.4) is 0 Å². The summed E-state index contributed by atoms with van der Waals surface area (Å²) < 4.78 is 1.78. The second-order valence-electron chi connectivity index (χ2n) is 8.06. The number of amides is 1. The van der Waals surface area contributed by atoms with Crippen LogP contribution in [0.1, 0.15) is 15.9 Å². The molecule has 0 spiro atoms. The average Bonchev–Trinajstić information content (AvgIpc) is 3.24. The van der Waals surface area contributed by atoms with Gasteiger partial charge in [0.2, 0.25) is 0 Å². The van der Waals surface area contributed by atoms with Crippen LogP contribution in [0.15, 0.2) is 85.1 Å². The molecule has 172 valence electrons. The normalized spacial score (nSPS) is 10.9. The molecule has 5 aromatic rings. The second kappa shape index (κ2) is 9.82. The van der Waals surface area contributed by atoms with E-state index in [1.807, 2.05) is 62.4 Å². The van der Waals surface area contributed by atoms with E-state index in [1.165, 1.54) is 0 Å². The molecule has 0 saturated heterocycles. The van der Waals surface area contributed by atoms with E-state index in [4.69, 9.17) is 28.2 Å². The first-order valence-electron chi connectivity index (χ1n) is 11.0. The number of hydrogen-bond donors (Lipinski definition) is 2. The van der Waals surface area contributed by atoms with Gasteiger partial charge in [0.05, 0.1) is 16.3 Å². The Balaban J connectivity index is 1.39. The standard InChI is InChI=1S/C26H20BCl2N5O/c27-20-15-31-34-24(13-23(33-25(20)34)18-8-1-3-10-21(18)28)30-14-16-6-5-7-17(12-16)32-26(35)19-9-2-4-11-22(19)29/h1-13,15,30H,14,27H2,(H,32,35). The van der Waals surface area contributed by atoms with Crippen molar-refractivity contribution in [2.75, 3.05) is 10.6 Å². The molecule has 35 heavy (non-hydrogen) atoms. The Bertz CT molecular complexity index is 1550. The Morgan fingerprint density at radius 3 is 2.51 bits per heavy atom. The molecule has 6 nitrogen and oxygen atoms in total. The number of aromatic nitrogens is 3. The summed E-state index contributed by atoms with van der Waals surface area (Å²) in [5, 5.41) is 11.9. The van der Waals surface area contributed by atoms with Crippen molar-refractivity contribution in [1.29, 1.82) is 0 Å². The SMILES string of the molecule is Bc1cnn2c(NCc3cccc(NC(=O)c4ccccc4Cl)c3)cc(-c3ccccc3Cl)nc12. The fourth-order valence-corrected chi connectivity index (χ4v) is 4.26. The molecule has 0 aliphatic rings. The van der Waals surface area contributed by atoms with E-state index in [2.05, 4.69) is 15.7 Å². The van der Waals surface area contributed by atoms with Crippen LogP contribution >= 0.6 is 23.2 Å². The zero-order chi connectivity index (χ0) is 24.4. The minimum Gasteiger partial charge on any atom is -0.366 e. The third kappa shape index (κ3) is 4.87. The Morgan fingerprint density at radius 1 is 0.943 bits per heavy atom. The summed E-state index contributed by atoms with van der Waals surface area (Å²) in [4.78, 5) is 17.4. The van der Waals surface area contributed by atoms with Gasteiger partial charge in [-0.05, 0) is 41.4 Å². The molecule has 9 heteroatoms. The zero-order valence-corrected chi connectivity index (χ0v) is 20.3. The third-order valence-electron chi connectivity index (χ3n) is 5.57. The van der Waals surface area contributed by atoms with Gasteiger partial charge in [-0.3, -0.25) is 4.79 Å². The van der Waals surface area contributed by atoms with Crippen LogP contribution in [-0.2, 0) is 6.54 Å². The average molecular weight is 500 g/mol. The minimum atomic E-state index is -0.257. The van der Waals surface area contributed by atoms with E-state index in [0.29, 0.717) is 27.8 Å². The summed E-state index contributed by atoms with van der Waals surface area (Å²) in [6.45, 7) is 0.510. The summed E-state index contributed by atoms with van der Waals surface area (Å²) in [7, 11) is 1.97. The summed E-state index contributed by atoms with van der Waals surface area (Å²) in [6, 6.07) is 24.2. The number of anilines is 2. The molecule has 0 saturated carbocycles. The number of hydrogen-bond acceptors (Lipinski definition) is 4. The fraction of sp³-hybridized carbons (Fsp3) is 0.0385. The van der Waals surface area contributed by atoms with Gasteiger partial charge in [0.1, 0.15) is 13.7 Å². The molecule has 2 aromatic heterocycles. The minimum absolute atomic E-state index is 0.257. The maximum Gasteiger partial charge on any atom is 0.257 e. The molecule has 0 aliphatic heterocycles. The van der Waals surface area contributed by atoms with Crippen LogP contribution in [0.25, 0.3) is 16.9 Å². The van der Waals surface area contributed by atoms with Crippen LogP contribution in [0, 0.1) is 0 Å². The molecule has 0 atom stereocenters. The summed E-state index contributed by atoms with van der Waals surface area (Å²) in [5.41, 5.74) is 5.42. The molecule has 0 fully saturated rings. The molecular weight excluding hydrogens is 480 g/mol. The van der Waals surface area contributed by atoms with Crippen LogP contribution in [0.5, 0.6) is 0 Å². The Labute approximate surface area is 213 Å². The summed E-state index contributed by atoms with van der Waals surface area (Å²) in [6.07, 6.45) is 1.79. The largest absolute Gasteiger partial charge is 0.366 e. The van der Waals surface area contributed by atoms with Crippen LogP contribution < -0.4 is 16.1 Å². The maximum absolute atomic E-state index is 12.6. The highest BCUT2D eigenvalue weighted by molar-refractivity contribution is 6.36. The highest BCUT2D eigenvalue weighted by atomic mass is 35.5. The van der Waals surface area contributed by atoms with Crippen molar-refractivity contribution in [3.05, 3.63) is 106 Å². The van der Waals surface area contributed by atoms with Gasteiger partial charge >= 0.3 is 0 Å². The quantitative estimate of drug-likeness (QED) is 0.328. The second-order valence-corrected chi connectivity index (χ2v) is 8.87. The number of carbonyl (C=O) groups excluding carboxylic acids is 1. The van der Waals surface area contributed by atoms with Gasteiger partial charge in [-0.25, -0.2) is 4.98 Å². The molecule has 0 aliphatic carbocycles. The molecule has 3 aromatic carbocycles. The van der Waals surface area contributed by atoms with E-state index in [9.17, 15) is 4.79 Å². The lowest BCUT2D eigenvalue weighted by atomic mass is 10.0. The molecule has 0 unspecified atom stereocenters. The fourth-order valence-electron chi connectivity index (χ4n) is 3.80. The number of halogens is 2. The number of rotatable bonds is 6. The van der Waals surface area contributed by atoms with Gasteiger partial charge in [0.15, 0.2) is 5.65 Å². The smallest absolute Gasteiger partial charge is 0.257 e. The third-order valence-corrected chi connectivity index (χ3v) is 6.23. The zero-order valence-electron chi connectivity index (χ0n) is 18.8. The highest BCUT2D eigenvalue weighted by Gasteiger charge is 2.13. The molecular formula is C26H20BCl2N5O. The predicted octanol–water partition coefficient (Wildman–Crippen LogP) is 4.83. The molecule has 1 amide bonds. The lowest BCUT2D eigenvalue weighted by molar-refractivity contribution is 0.102. The number of benzene rings is 3. The Hall–Kier alpha value is -3.81. The van der Waals surface area contributed by atoms with Gasteiger partial charge in [-0.15, -0.1) is 0 Å². The molecule has 2 N–H and O–H groups in total. The monoisotopic (exact) mass is 499 g/mol. The maximum atomic E-state index is 12.6. The van der Waals surface area contributed by atoms with Gasteiger partial charge in [0.25, 0.3) is 5.91 Å². The summed E-state index contributed by atoms with van der Waals surface area (Å²) >= 11 is 12.6. The Kier molecular flexibility index (Phi) is 6.44. The van der Waals surface area contributed by atoms with Gasteiger partial charge < -0.3 is 10.6 Å². The van der Waals surface area contributed by atoms with Crippen molar-refractivity contribution in [3.63, 3.8) is 0 Å². The van der Waals surface area contributed by atoms with Crippen LogP contribution in [0.4, 0.5) is 11.5 Å². The lowest BCUT2D eigenvalue weighted by Gasteiger charge is -2.13. The van der Waals surface area contributed by atoms with Gasteiger partial charge in [-0.2, -0.15) is 9.61 Å². The van der Waals surface area contributed by atoms with Crippen molar-refractivity contribution in [3.8, 4) is 11.3 Å². The summed E-state index contributed by atoms with van der Waals surface area (Å²) in [5.74, 6) is 0.525. The van der Waals surface area contributed by atoms with E-state index >= 15 is 0 Å². The first-order valence-corrected chi connectivity index (χ1v) is 11.7. The first-order chi connectivity index (χ1) is 17.0. The van der Waals surface area contributed by atoms with E-state index in [0.717, 1.165) is 33.7 Å². The molecule has 0 radical (unpaired) electrons. The predicted molar refractivity (Wildman–Crippen MR) is 145 cm³/mol. The van der Waals surface area contributed by atoms with Crippen LogP contribution in [-0.4, -0.2) is 28.4 Å². The van der Waals surface area contributed by atoms with Crippen LogP contribution in [0.2, 0.25) is 10.0 Å². The first kappa shape index (κ1) is 23.0. The van der Waals surface area contributed by atoms with E-state index in [1.54, 1.807) is 35.0 Å². The Morgan fingerprint density at radius 2 is 1.71 bits per heavy atom. The molecule has 2 heterocycles. The molecule has 5 rings (SSSR count). The van der Waals surface area contributed by atoms with Gasteiger partial charge in [0, 0.05) is 35.1 Å². The van der Waals surface area contributed by atoms with E-state index in [-0.39, 0.29) is 5.91 Å². The number of nitrogens with zero attached hydrogens (tertiary/aromatic N) is 3. The van der Waals surface area contributed by atoms with Crippen molar-refractivity contribution >= 4 is 59.6 Å². The van der Waals surface area contributed by atoms with Crippen molar-refractivity contribution in [2.45, 2.75) is 6.54 Å². The number of nitrogens with one attached hydrogen (secondary N) is 2. The van der Waals surface area contributed by atoms with Crippen molar-refractivity contribution in [2.24, 2.45) is 0 Å². The van der Waals surface area contributed by atoms with Gasteiger partial charge in [-0.1, -0.05) is 65.7 Å². The lowest BCUT2D eigenvalue weighted by Crippen LogP contribution is -2.13. The molecule has 0 bridgehead atoms. The van der Waals surface area contributed by atoms with Crippen molar-refractivity contribution in [1.82, 2.24) is 14.6 Å². The topological polar surface area (TPSA) is 71.3 Å².